The quantitative estimate of drug-likeness (QED) is 0.239. The zero-order valence-electron chi connectivity index (χ0n) is 17.5. The number of rotatable bonds is 7. The summed E-state index contributed by atoms with van der Waals surface area (Å²) in [6.07, 6.45) is 4.37. The summed E-state index contributed by atoms with van der Waals surface area (Å²) < 4.78 is 2.27. The van der Waals surface area contributed by atoms with Crippen LogP contribution in [0.1, 0.15) is 31.2 Å². The molecule has 0 aliphatic rings. The Labute approximate surface area is 204 Å². The molecular weight excluding hydrogens is 506 g/mol. The van der Waals surface area contributed by atoms with Gasteiger partial charge in [-0.1, -0.05) is 64.8 Å². The molecule has 4 rings (SSSR count). The number of halogens is 2. The smallest absolute Gasteiger partial charge is 0.267 e. The average Bonchev–Trinajstić information content (AvgIpc) is 2.80. The molecule has 4 aromatic rings. The second-order valence-electron chi connectivity index (χ2n) is 7.28. The van der Waals surface area contributed by atoms with Gasteiger partial charge in [-0.2, -0.15) is 9.78 Å². The van der Waals surface area contributed by atoms with Gasteiger partial charge in [0.1, 0.15) is 5.82 Å². The summed E-state index contributed by atoms with van der Waals surface area (Å²) in [5.41, 5.74) is 1.45. The van der Waals surface area contributed by atoms with E-state index in [1.165, 1.54) is 4.68 Å². The number of unbranched alkanes of at least 4 members (excludes halogenated alkanes) is 1. The van der Waals surface area contributed by atoms with Crippen molar-refractivity contribution in [3.8, 4) is 0 Å². The van der Waals surface area contributed by atoms with Crippen molar-refractivity contribution < 1.29 is 0 Å². The molecule has 0 unspecified atom stereocenters. The lowest BCUT2D eigenvalue weighted by molar-refractivity contribution is 0.675. The molecule has 3 aromatic carbocycles. The molecule has 0 amide bonds. The zero-order valence-corrected chi connectivity index (χ0v) is 20.6. The lowest BCUT2D eigenvalue weighted by atomic mass is 10.2. The second kappa shape index (κ2) is 10.5. The molecule has 0 aliphatic carbocycles. The molecule has 7 heteroatoms. The molecule has 0 bridgehead atoms. The third-order valence-corrected chi connectivity index (χ3v) is 6.64. The van der Waals surface area contributed by atoms with Crippen molar-refractivity contribution in [2.45, 2.75) is 36.0 Å². The fourth-order valence-corrected chi connectivity index (χ4v) is 4.50. The molecule has 0 saturated carbocycles. The van der Waals surface area contributed by atoms with Gasteiger partial charge in [0.05, 0.1) is 17.1 Å². The first-order valence-electron chi connectivity index (χ1n) is 10.3. The van der Waals surface area contributed by atoms with Crippen LogP contribution in [0.15, 0.2) is 90.9 Å². The Balaban J connectivity index is 1.61. The monoisotopic (exact) mass is 525 g/mol. The van der Waals surface area contributed by atoms with Crippen molar-refractivity contribution in [3.05, 3.63) is 98.0 Å². The van der Waals surface area contributed by atoms with Crippen LogP contribution in [0.25, 0.3) is 10.9 Å². The minimum absolute atomic E-state index is 0.159. The van der Waals surface area contributed by atoms with Crippen LogP contribution < -0.4 is 5.56 Å². The second-order valence-corrected chi connectivity index (χ2v) is 9.78. The summed E-state index contributed by atoms with van der Waals surface area (Å²) >= 11 is 11.1. The lowest BCUT2D eigenvalue weighted by Crippen LogP contribution is -2.22. The van der Waals surface area contributed by atoms with Gasteiger partial charge >= 0.3 is 0 Å². The molecule has 1 aromatic heterocycles. The molecule has 32 heavy (non-hydrogen) atoms. The van der Waals surface area contributed by atoms with Gasteiger partial charge in [-0.3, -0.25) is 4.79 Å². The van der Waals surface area contributed by atoms with Gasteiger partial charge in [0, 0.05) is 25.7 Å². The van der Waals surface area contributed by atoms with Crippen LogP contribution in [-0.2, 0) is 6.42 Å². The van der Waals surface area contributed by atoms with Crippen molar-refractivity contribution in [1.82, 2.24) is 9.66 Å². The van der Waals surface area contributed by atoms with Crippen molar-refractivity contribution >= 4 is 56.4 Å². The largest absolute Gasteiger partial charge is 0.282 e. The van der Waals surface area contributed by atoms with Gasteiger partial charge in [-0.25, -0.2) is 4.98 Å². The van der Waals surface area contributed by atoms with Crippen molar-refractivity contribution in [1.29, 1.82) is 0 Å². The highest BCUT2D eigenvalue weighted by Gasteiger charge is 2.11. The SMILES string of the molecule is CCCCc1nc2ccc(Br)cc2c(=O)n1N=Cc1ccc(Sc2ccc(Cl)cc2)cc1. The van der Waals surface area contributed by atoms with E-state index < -0.39 is 0 Å². The maximum atomic E-state index is 13.1. The minimum atomic E-state index is -0.159. The first-order valence-corrected chi connectivity index (χ1v) is 12.3. The Kier molecular flexibility index (Phi) is 7.45. The summed E-state index contributed by atoms with van der Waals surface area (Å²) in [5, 5.41) is 5.79. The molecule has 4 nitrogen and oxygen atoms in total. The van der Waals surface area contributed by atoms with Gasteiger partial charge in [0.15, 0.2) is 0 Å². The number of benzene rings is 3. The molecule has 0 fully saturated rings. The number of nitrogens with zero attached hydrogens (tertiary/aromatic N) is 3. The molecular formula is C25H21BrClN3OS. The lowest BCUT2D eigenvalue weighted by Gasteiger charge is -2.09. The molecule has 1 heterocycles. The Morgan fingerprint density at radius 3 is 2.44 bits per heavy atom. The number of aryl methyl sites for hydroxylation is 1. The summed E-state index contributed by atoms with van der Waals surface area (Å²) in [7, 11) is 0. The van der Waals surface area contributed by atoms with Gasteiger partial charge < -0.3 is 0 Å². The van der Waals surface area contributed by atoms with E-state index in [0.717, 1.165) is 37.7 Å². The van der Waals surface area contributed by atoms with E-state index in [1.807, 2.05) is 60.7 Å². The maximum absolute atomic E-state index is 13.1. The van der Waals surface area contributed by atoms with Gasteiger partial charge in [0.25, 0.3) is 5.56 Å². The molecule has 0 spiro atoms. The predicted molar refractivity (Wildman–Crippen MR) is 137 cm³/mol. The van der Waals surface area contributed by atoms with Crippen LogP contribution in [0.4, 0.5) is 0 Å². The first-order chi connectivity index (χ1) is 15.5. The number of fused-ring (bicyclic) bond motifs is 1. The number of hydrogen-bond donors (Lipinski definition) is 0. The van der Waals surface area contributed by atoms with Crippen LogP contribution >= 0.6 is 39.3 Å². The zero-order chi connectivity index (χ0) is 22.5. The van der Waals surface area contributed by atoms with Crippen LogP contribution in [0, 0.1) is 0 Å². The number of hydrogen-bond acceptors (Lipinski definition) is 4. The van der Waals surface area contributed by atoms with Gasteiger partial charge in [-0.05, 0) is 66.6 Å². The van der Waals surface area contributed by atoms with Crippen LogP contribution in [0.2, 0.25) is 5.02 Å². The molecule has 162 valence electrons. The standard InChI is InChI=1S/C25H21BrClN3OS/c1-2-3-4-24-29-23-14-7-18(26)15-22(23)25(31)30(24)28-16-17-5-10-20(11-6-17)32-21-12-8-19(27)9-13-21/h5-16H,2-4H2,1H3. The highest BCUT2D eigenvalue weighted by molar-refractivity contribution is 9.10. The predicted octanol–water partition coefficient (Wildman–Crippen LogP) is 7.19. The fourth-order valence-electron chi connectivity index (χ4n) is 3.20. The number of aromatic nitrogens is 2. The molecule has 0 atom stereocenters. The van der Waals surface area contributed by atoms with E-state index >= 15 is 0 Å². The molecule has 0 saturated heterocycles. The Bertz CT molecular complexity index is 1320. The highest BCUT2D eigenvalue weighted by Crippen LogP contribution is 2.28. The van der Waals surface area contributed by atoms with Crippen LogP contribution in [-0.4, -0.2) is 15.9 Å². The normalized spacial score (nSPS) is 11.5. The van der Waals surface area contributed by atoms with Crippen molar-refractivity contribution in [3.63, 3.8) is 0 Å². The van der Waals surface area contributed by atoms with E-state index in [0.29, 0.717) is 23.1 Å². The highest BCUT2D eigenvalue weighted by atomic mass is 79.9. The van der Waals surface area contributed by atoms with E-state index in [-0.39, 0.29) is 5.56 Å². The minimum Gasteiger partial charge on any atom is -0.267 e. The van der Waals surface area contributed by atoms with Crippen molar-refractivity contribution in [2.75, 3.05) is 0 Å². The third kappa shape index (κ3) is 5.49. The first kappa shape index (κ1) is 22.8. The van der Waals surface area contributed by atoms with E-state index in [4.69, 9.17) is 16.6 Å². The Morgan fingerprint density at radius 2 is 1.75 bits per heavy atom. The molecule has 0 N–H and O–H groups in total. The van der Waals surface area contributed by atoms with E-state index in [1.54, 1.807) is 24.0 Å². The topological polar surface area (TPSA) is 47.2 Å². The van der Waals surface area contributed by atoms with Gasteiger partial charge in [0.2, 0.25) is 0 Å². The summed E-state index contributed by atoms with van der Waals surface area (Å²) in [6.45, 7) is 2.12. The van der Waals surface area contributed by atoms with Crippen molar-refractivity contribution in [2.24, 2.45) is 5.10 Å². The Morgan fingerprint density at radius 1 is 1.06 bits per heavy atom. The third-order valence-electron chi connectivity index (χ3n) is 4.88. The average molecular weight is 527 g/mol. The molecule has 0 radical (unpaired) electrons. The summed E-state index contributed by atoms with van der Waals surface area (Å²) in [5.74, 6) is 0.679. The fraction of sp³-hybridized carbons (Fsp3) is 0.160. The summed E-state index contributed by atoms with van der Waals surface area (Å²) in [6, 6.07) is 21.4. The molecule has 0 aliphatic heterocycles. The van der Waals surface area contributed by atoms with E-state index in [9.17, 15) is 4.79 Å². The van der Waals surface area contributed by atoms with E-state index in [2.05, 4.69) is 28.0 Å². The summed E-state index contributed by atoms with van der Waals surface area (Å²) in [4.78, 5) is 20.1. The maximum Gasteiger partial charge on any atom is 0.282 e. The van der Waals surface area contributed by atoms with Crippen LogP contribution in [0.3, 0.4) is 0 Å². The van der Waals surface area contributed by atoms with Crippen LogP contribution in [0.5, 0.6) is 0 Å². The van der Waals surface area contributed by atoms with Gasteiger partial charge in [-0.15, -0.1) is 0 Å². The Hall–Kier alpha value is -2.41.